The van der Waals surface area contributed by atoms with Gasteiger partial charge in [0.2, 0.25) is 0 Å². The Kier molecular flexibility index (Phi) is 8.07. The molecule has 2 aromatic carbocycles. The molecule has 0 saturated heterocycles. The van der Waals surface area contributed by atoms with Gasteiger partial charge in [-0.05, 0) is 48.2 Å². The molecule has 0 fully saturated rings. The summed E-state index contributed by atoms with van der Waals surface area (Å²) in [6, 6.07) is 14.1. The third-order valence-electron chi connectivity index (χ3n) is 3.67. The van der Waals surface area contributed by atoms with E-state index < -0.39 is 0 Å². The van der Waals surface area contributed by atoms with Gasteiger partial charge in [0, 0.05) is 6.07 Å². The number of aryl methyl sites for hydroxylation is 2. The van der Waals surface area contributed by atoms with E-state index in [-0.39, 0.29) is 0 Å². The first-order chi connectivity index (χ1) is 12.7. The maximum absolute atomic E-state index is 5.67. The van der Waals surface area contributed by atoms with Crippen LogP contribution in [0.15, 0.2) is 80.4 Å². The highest BCUT2D eigenvalue weighted by Gasteiger charge is 2.04. The molecule has 0 aliphatic carbocycles. The van der Waals surface area contributed by atoms with E-state index in [4.69, 9.17) is 14.2 Å². The molecule has 0 aromatic heterocycles. The van der Waals surface area contributed by atoms with Gasteiger partial charge in [-0.15, -0.1) is 0 Å². The average Bonchev–Trinajstić information content (AvgIpc) is 2.68. The maximum Gasteiger partial charge on any atom is 0.123 e. The molecule has 0 N–H and O–H groups in total. The van der Waals surface area contributed by atoms with Crippen molar-refractivity contribution in [2.75, 3.05) is 19.8 Å². The predicted molar refractivity (Wildman–Crippen MR) is 107 cm³/mol. The molecular weight excluding hydrogens is 324 g/mol. The predicted octanol–water partition coefficient (Wildman–Crippen LogP) is 5.17. The lowest BCUT2D eigenvalue weighted by molar-refractivity contribution is 0.344. The van der Waals surface area contributed by atoms with E-state index in [1.165, 1.54) is 5.56 Å². The van der Waals surface area contributed by atoms with Crippen LogP contribution in [-0.2, 0) is 12.8 Å². The lowest BCUT2D eigenvalue weighted by Crippen LogP contribution is -1.99. The fourth-order valence-corrected chi connectivity index (χ4v) is 2.45. The van der Waals surface area contributed by atoms with Gasteiger partial charge in [-0.25, -0.2) is 0 Å². The molecular formula is C23H26O3. The van der Waals surface area contributed by atoms with Crippen LogP contribution in [0.3, 0.4) is 0 Å². The van der Waals surface area contributed by atoms with E-state index in [1.807, 2.05) is 30.3 Å². The number of rotatable bonds is 12. The molecule has 0 unspecified atom stereocenters. The quantitative estimate of drug-likeness (QED) is 0.495. The van der Waals surface area contributed by atoms with Crippen LogP contribution in [0, 0.1) is 0 Å². The van der Waals surface area contributed by atoms with Crippen LogP contribution in [0.2, 0.25) is 0 Å². The van der Waals surface area contributed by atoms with Crippen LogP contribution >= 0.6 is 0 Å². The minimum Gasteiger partial charge on any atom is -0.490 e. The fourth-order valence-electron chi connectivity index (χ4n) is 2.45. The summed E-state index contributed by atoms with van der Waals surface area (Å²) in [5.41, 5.74) is 2.42. The SMILES string of the molecule is C=CCOc1ccc(CCc2cc(OCC=C)cc(OCC=C)c2)cc1. The van der Waals surface area contributed by atoms with Gasteiger partial charge in [0.25, 0.3) is 0 Å². The first-order valence-electron chi connectivity index (χ1n) is 8.69. The van der Waals surface area contributed by atoms with Gasteiger partial charge >= 0.3 is 0 Å². The molecule has 0 heterocycles. The highest BCUT2D eigenvalue weighted by atomic mass is 16.5. The second-order valence-corrected chi connectivity index (χ2v) is 5.76. The normalized spacial score (nSPS) is 10.0. The third kappa shape index (κ3) is 6.52. The monoisotopic (exact) mass is 350 g/mol. The summed E-state index contributed by atoms with van der Waals surface area (Å²) < 4.78 is 16.9. The molecule has 0 aliphatic heterocycles. The van der Waals surface area contributed by atoms with Crippen LogP contribution in [0.5, 0.6) is 17.2 Å². The Morgan fingerprint density at radius 1 is 0.577 bits per heavy atom. The van der Waals surface area contributed by atoms with Crippen molar-refractivity contribution in [3.8, 4) is 17.2 Å². The summed E-state index contributed by atoms with van der Waals surface area (Å²) in [4.78, 5) is 0. The van der Waals surface area contributed by atoms with Gasteiger partial charge in [0.1, 0.15) is 37.1 Å². The second kappa shape index (κ2) is 10.8. The Morgan fingerprint density at radius 2 is 1.04 bits per heavy atom. The summed E-state index contributed by atoms with van der Waals surface area (Å²) in [7, 11) is 0. The summed E-state index contributed by atoms with van der Waals surface area (Å²) >= 11 is 0. The van der Waals surface area contributed by atoms with E-state index in [0.29, 0.717) is 19.8 Å². The number of benzene rings is 2. The second-order valence-electron chi connectivity index (χ2n) is 5.76. The third-order valence-corrected chi connectivity index (χ3v) is 3.67. The van der Waals surface area contributed by atoms with E-state index in [2.05, 4.69) is 31.9 Å². The van der Waals surface area contributed by atoms with Crippen molar-refractivity contribution in [3.63, 3.8) is 0 Å². The van der Waals surface area contributed by atoms with Crippen molar-refractivity contribution in [1.29, 1.82) is 0 Å². The first-order valence-corrected chi connectivity index (χ1v) is 8.69. The van der Waals surface area contributed by atoms with E-state index in [1.54, 1.807) is 18.2 Å². The molecule has 0 atom stereocenters. The molecule has 3 nitrogen and oxygen atoms in total. The van der Waals surface area contributed by atoms with Crippen LogP contribution in [0.4, 0.5) is 0 Å². The zero-order chi connectivity index (χ0) is 18.6. The summed E-state index contributed by atoms with van der Waals surface area (Å²) in [6.45, 7) is 12.5. The molecule has 0 amide bonds. The number of hydrogen-bond acceptors (Lipinski definition) is 3. The smallest absolute Gasteiger partial charge is 0.123 e. The van der Waals surface area contributed by atoms with E-state index in [9.17, 15) is 0 Å². The maximum atomic E-state index is 5.67. The molecule has 0 radical (unpaired) electrons. The molecule has 3 heteroatoms. The molecule has 26 heavy (non-hydrogen) atoms. The van der Waals surface area contributed by atoms with Crippen molar-refractivity contribution < 1.29 is 14.2 Å². The Labute approximate surface area is 156 Å². The van der Waals surface area contributed by atoms with Gasteiger partial charge < -0.3 is 14.2 Å². The average molecular weight is 350 g/mol. The minimum atomic E-state index is 0.469. The molecule has 0 spiro atoms. The topological polar surface area (TPSA) is 27.7 Å². The van der Waals surface area contributed by atoms with Gasteiger partial charge in [0.15, 0.2) is 0 Å². The molecule has 2 aromatic rings. The number of ether oxygens (including phenoxy) is 3. The summed E-state index contributed by atoms with van der Waals surface area (Å²) in [5, 5.41) is 0. The highest BCUT2D eigenvalue weighted by Crippen LogP contribution is 2.24. The molecule has 136 valence electrons. The van der Waals surface area contributed by atoms with E-state index >= 15 is 0 Å². The molecule has 0 aliphatic rings. The van der Waals surface area contributed by atoms with Crippen LogP contribution in [0.1, 0.15) is 11.1 Å². The Hall–Kier alpha value is -2.94. The summed E-state index contributed by atoms with van der Waals surface area (Å²) in [5.74, 6) is 2.43. The minimum absolute atomic E-state index is 0.469. The van der Waals surface area contributed by atoms with Crippen molar-refractivity contribution in [1.82, 2.24) is 0 Å². The lowest BCUT2D eigenvalue weighted by Gasteiger charge is -2.11. The molecule has 2 rings (SSSR count). The Balaban J connectivity index is 2.02. The Bertz CT molecular complexity index is 686. The largest absolute Gasteiger partial charge is 0.490 e. The van der Waals surface area contributed by atoms with Crippen molar-refractivity contribution in [2.24, 2.45) is 0 Å². The standard InChI is InChI=1S/C23H26O3/c1-4-13-24-21-11-9-19(10-12-21)7-8-20-16-22(25-14-5-2)18-23(17-20)26-15-6-3/h4-6,9-12,16-18H,1-3,7-8,13-15H2. The van der Waals surface area contributed by atoms with Gasteiger partial charge in [-0.1, -0.05) is 50.1 Å². The molecule has 0 saturated carbocycles. The van der Waals surface area contributed by atoms with Gasteiger partial charge in [-0.3, -0.25) is 0 Å². The van der Waals surface area contributed by atoms with Crippen molar-refractivity contribution in [2.45, 2.75) is 12.8 Å². The zero-order valence-electron chi connectivity index (χ0n) is 15.2. The van der Waals surface area contributed by atoms with Crippen LogP contribution in [-0.4, -0.2) is 19.8 Å². The van der Waals surface area contributed by atoms with Crippen LogP contribution in [0.25, 0.3) is 0 Å². The van der Waals surface area contributed by atoms with Gasteiger partial charge in [-0.2, -0.15) is 0 Å². The first kappa shape index (κ1) is 19.4. The Morgan fingerprint density at radius 3 is 1.54 bits per heavy atom. The number of hydrogen-bond donors (Lipinski definition) is 0. The van der Waals surface area contributed by atoms with E-state index in [0.717, 1.165) is 35.7 Å². The van der Waals surface area contributed by atoms with Crippen molar-refractivity contribution in [3.05, 3.63) is 91.6 Å². The summed E-state index contributed by atoms with van der Waals surface area (Å²) in [6.07, 6.45) is 7.01. The van der Waals surface area contributed by atoms with Crippen molar-refractivity contribution >= 4 is 0 Å². The van der Waals surface area contributed by atoms with Crippen LogP contribution < -0.4 is 14.2 Å². The lowest BCUT2D eigenvalue weighted by atomic mass is 10.0. The van der Waals surface area contributed by atoms with Gasteiger partial charge in [0.05, 0.1) is 0 Å². The zero-order valence-corrected chi connectivity index (χ0v) is 15.2. The highest BCUT2D eigenvalue weighted by molar-refractivity contribution is 5.39. The fraction of sp³-hybridized carbons (Fsp3) is 0.217. The molecule has 0 bridgehead atoms.